The summed E-state index contributed by atoms with van der Waals surface area (Å²) in [7, 11) is 0. The van der Waals surface area contributed by atoms with Crippen molar-refractivity contribution in [2.45, 2.75) is 19.9 Å². The molecule has 48 valence electrons. The molecule has 0 unspecified atom stereocenters. The first-order chi connectivity index (χ1) is 3.62. The molecule has 0 bridgehead atoms. The van der Waals surface area contributed by atoms with E-state index < -0.39 is 6.69 Å². The molecule has 0 rings (SSSR count). The minimum absolute atomic E-state index is 0.889. The van der Waals surface area contributed by atoms with Crippen LogP contribution in [0.5, 0.6) is 0 Å². The minimum atomic E-state index is -1.91. The summed E-state index contributed by atoms with van der Waals surface area (Å²) >= 11 is 11.7. The van der Waals surface area contributed by atoms with Crippen molar-refractivity contribution in [3.05, 3.63) is 11.8 Å². The topological polar surface area (TPSA) is 0 Å². The van der Waals surface area contributed by atoms with E-state index in [0.717, 1.165) is 6.04 Å². The SMILES string of the molecule is C/C=C\[Si](Cl)(Cl)CC. The Morgan fingerprint density at radius 3 is 2.12 bits per heavy atom. The maximum Gasteiger partial charge on any atom is 0.273 e. The van der Waals surface area contributed by atoms with Gasteiger partial charge in [0.2, 0.25) is 0 Å². The third-order valence-electron chi connectivity index (χ3n) is 0.882. The van der Waals surface area contributed by atoms with Crippen LogP contribution < -0.4 is 0 Å². The molecule has 0 aliphatic heterocycles. The first kappa shape index (κ1) is 8.54. The predicted molar refractivity (Wildman–Crippen MR) is 42.8 cm³/mol. The molecule has 0 atom stereocenters. The van der Waals surface area contributed by atoms with Crippen molar-refractivity contribution >= 4 is 28.9 Å². The third-order valence-corrected chi connectivity index (χ3v) is 5.01. The second-order valence-electron chi connectivity index (χ2n) is 1.61. The fraction of sp³-hybridized carbons (Fsp3) is 0.600. The zero-order chi connectivity index (χ0) is 6.62. The van der Waals surface area contributed by atoms with Crippen molar-refractivity contribution in [2.75, 3.05) is 0 Å². The van der Waals surface area contributed by atoms with E-state index in [-0.39, 0.29) is 0 Å². The van der Waals surface area contributed by atoms with Crippen LogP contribution in [0.25, 0.3) is 0 Å². The van der Waals surface area contributed by atoms with Crippen LogP contribution in [-0.4, -0.2) is 6.69 Å². The highest BCUT2D eigenvalue weighted by molar-refractivity contribution is 7.47. The highest BCUT2D eigenvalue weighted by Crippen LogP contribution is 2.20. The molecule has 0 aliphatic rings. The van der Waals surface area contributed by atoms with E-state index in [1.807, 2.05) is 25.6 Å². The highest BCUT2D eigenvalue weighted by atomic mass is 35.7. The minimum Gasteiger partial charge on any atom is -0.140 e. The van der Waals surface area contributed by atoms with Crippen LogP contribution in [0.15, 0.2) is 11.8 Å². The van der Waals surface area contributed by atoms with Gasteiger partial charge in [0.15, 0.2) is 0 Å². The molecule has 0 aromatic rings. The largest absolute Gasteiger partial charge is 0.273 e. The van der Waals surface area contributed by atoms with Crippen molar-refractivity contribution in [1.82, 2.24) is 0 Å². The molecule has 3 heteroatoms. The van der Waals surface area contributed by atoms with E-state index in [9.17, 15) is 0 Å². The van der Waals surface area contributed by atoms with E-state index >= 15 is 0 Å². The summed E-state index contributed by atoms with van der Waals surface area (Å²) in [4.78, 5) is 0. The number of rotatable bonds is 2. The molecule has 0 nitrogen and oxygen atoms in total. The highest BCUT2D eigenvalue weighted by Gasteiger charge is 2.20. The standard InChI is InChI=1S/C5H10Cl2Si/c1-3-5-8(6,7)4-2/h3,5H,4H2,1-2H3/b5-3-. The maximum atomic E-state index is 5.84. The Morgan fingerprint density at radius 1 is 1.50 bits per heavy atom. The van der Waals surface area contributed by atoms with Gasteiger partial charge in [-0.3, -0.25) is 0 Å². The Kier molecular flexibility index (Phi) is 3.78. The number of hydrogen-bond acceptors (Lipinski definition) is 0. The van der Waals surface area contributed by atoms with E-state index in [2.05, 4.69) is 0 Å². The molecular weight excluding hydrogens is 159 g/mol. The second kappa shape index (κ2) is 3.54. The summed E-state index contributed by atoms with van der Waals surface area (Å²) in [5.41, 5.74) is 1.91. The first-order valence-electron chi connectivity index (χ1n) is 2.64. The quantitative estimate of drug-likeness (QED) is 0.440. The molecule has 0 aromatic heterocycles. The normalized spacial score (nSPS) is 13.0. The summed E-state index contributed by atoms with van der Waals surface area (Å²) in [6.07, 6.45) is 1.91. The summed E-state index contributed by atoms with van der Waals surface area (Å²) in [6, 6.07) is 0.889. The van der Waals surface area contributed by atoms with Crippen molar-refractivity contribution in [2.24, 2.45) is 0 Å². The molecular formula is C5H10Cl2Si. The second-order valence-corrected chi connectivity index (χ2v) is 8.80. The molecule has 0 aliphatic carbocycles. The van der Waals surface area contributed by atoms with E-state index in [0.29, 0.717) is 0 Å². The van der Waals surface area contributed by atoms with Gasteiger partial charge in [0, 0.05) is 0 Å². The van der Waals surface area contributed by atoms with Crippen LogP contribution >= 0.6 is 22.2 Å². The van der Waals surface area contributed by atoms with Gasteiger partial charge in [-0.15, -0.1) is 22.2 Å². The fourth-order valence-electron chi connectivity index (χ4n) is 0.362. The summed E-state index contributed by atoms with van der Waals surface area (Å²) in [5, 5.41) is 0. The van der Waals surface area contributed by atoms with Crippen molar-refractivity contribution in [1.29, 1.82) is 0 Å². The van der Waals surface area contributed by atoms with Gasteiger partial charge in [0.05, 0.1) is 0 Å². The van der Waals surface area contributed by atoms with Crippen LogP contribution in [-0.2, 0) is 0 Å². The van der Waals surface area contributed by atoms with Crippen LogP contribution in [0.1, 0.15) is 13.8 Å². The van der Waals surface area contributed by atoms with E-state index in [1.54, 1.807) is 0 Å². The Morgan fingerprint density at radius 2 is 2.00 bits per heavy atom. The van der Waals surface area contributed by atoms with Crippen LogP contribution in [0.3, 0.4) is 0 Å². The zero-order valence-corrected chi connectivity index (χ0v) is 7.63. The Bertz CT molecular complexity index is 88.4. The van der Waals surface area contributed by atoms with Gasteiger partial charge < -0.3 is 0 Å². The molecule has 0 N–H and O–H groups in total. The van der Waals surface area contributed by atoms with Crippen molar-refractivity contribution < 1.29 is 0 Å². The van der Waals surface area contributed by atoms with Gasteiger partial charge in [0.1, 0.15) is 0 Å². The Labute approximate surface area is 60.9 Å². The lowest BCUT2D eigenvalue weighted by Gasteiger charge is -2.05. The average molecular weight is 169 g/mol. The van der Waals surface area contributed by atoms with Gasteiger partial charge in [0.25, 0.3) is 6.69 Å². The summed E-state index contributed by atoms with van der Waals surface area (Å²) < 4.78 is 0. The molecule has 0 saturated heterocycles. The van der Waals surface area contributed by atoms with Gasteiger partial charge >= 0.3 is 0 Å². The fourth-order valence-corrected chi connectivity index (χ4v) is 1.84. The summed E-state index contributed by atoms with van der Waals surface area (Å²) in [6.45, 7) is 2.03. The smallest absolute Gasteiger partial charge is 0.140 e. The molecule has 0 heterocycles. The van der Waals surface area contributed by atoms with E-state index in [4.69, 9.17) is 22.2 Å². The number of halogens is 2. The monoisotopic (exact) mass is 168 g/mol. The molecule has 0 fully saturated rings. The first-order valence-corrected chi connectivity index (χ1v) is 6.95. The number of allylic oxidation sites excluding steroid dienone is 1. The molecule has 0 amide bonds. The molecule has 0 spiro atoms. The number of hydrogen-bond donors (Lipinski definition) is 0. The molecule has 0 radical (unpaired) electrons. The van der Waals surface area contributed by atoms with Gasteiger partial charge in [-0.2, -0.15) is 0 Å². The van der Waals surface area contributed by atoms with E-state index in [1.165, 1.54) is 0 Å². The molecule has 0 aromatic carbocycles. The van der Waals surface area contributed by atoms with Crippen LogP contribution in [0.4, 0.5) is 0 Å². The zero-order valence-electron chi connectivity index (χ0n) is 5.12. The van der Waals surface area contributed by atoms with Gasteiger partial charge in [-0.05, 0) is 13.0 Å². The summed E-state index contributed by atoms with van der Waals surface area (Å²) in [5.74, 6) is 0. The lowest BCUT2D eigenvalue weighted by molar-refractivity contribution is 1.44. The van der Waals surface area contributed by atoms with Crippen molar-refractivity contribution in [3.8, 4) is 0 Å². The van der Waals surface area contributed by atoms with Crippen LogP contribution in [0.2, 0.25) is 6.04 Å². The Balaban J connectivity index is 3.71. The molecule has 8 heavy (non-hydrogen) atoms. The van der Waals surface area contributed by atoms with Gasteiger partial charge in [-0.25, -0.2) is 0 Å². The maximum absolute atomic E-state index is 5.84. The van der Waals surface area contributed by atoms with Gasteiger partial charge in [-0.1, -0.05) is 18.7 Å². The lowest BCUT2D eigenvalue weighted by Crippen LogP contribution is -2.12. The Hall–Kier alpha value is 0.537. The predicted octanol–water partition coefficient (Wildman–Crippen LogP) is 3.04. The van der Waals surface area contributed by atoms with Crippen molar-refractivity contribution in [3.63, 3.8) is 0 Å². The van der Waals surface area contributed by atoms with Crippen LogP contribution in [0, 0.1) is 0 Å². The molecule has 0 saturated carbocycles. The average Bonchev–Trinajstić information content (AvgIpc) is 1.67. The lowest BCUT2D eigenvalue weighted by atomic mass is 10.8. The third kappa shape index (κ3) is 3.53.